The fraction of sp³-hybridized carbons (Fsp3) is 0.382. The molecule has 1 fully saturated rings. The number of aromatic nitrogens is 2. The van der Waals surface area contributed by atoms with Gasteiger partial charge in [-0.05, 0) is 53.8 Å². The lowest BCUT2D eigenvalue weighted by atomic mass is 9.80. The number of carbonyl (C=O) groups is 1. The number of amides is 1. The minimum Gasteiger partial charge on any atom is -0.481 e. The summed E-state index contributed by atoms with van der Waals surface area (Å²) >= 11 is 13.9. The fourth-order valence-electron chi connectivity index (χ4n) is 5.42. The second-order valence-electron chi connectivity index (χ2n) is 11.5. The third-order valence-corrected chi connectivity index (χ3v) is 8.92. The summed E-state index contributed by atoms with van der Waals surface area (Å²) < 4.78 is 24.5. The number of nitrogens with one attached hydrogen (secondary N) is 3. The molecule has 0 aliphatic heterocycles. The average Bonchev–Trinajstić information content (AvgIpc) is 3.76. The van der Waals surface area contributed by atoms with Gasteiger partial charge in [-0.15, -0.1) is 11.6 Å². The standard InChI is InChI=1S/C34H38Cl2FN5O4/c1-20(43)15-38-16-21-10-11-30(41-33(21)46-3)34(12-6-8-25(31(34)36)24-7-4-5-9-26(24)35)42-32(44)29-13-22(19-45-2)23(18-40-29)17-39-28-14-27(28)37/h4-13,18,20,27-28,31,38-39,43H,14-17,19H2,1-3H3,(H,42,44)/t20?,27-,28+,31?,34?/m0/s1. The highest BCUT2D eigenvalue weighted by molar-refractivity contribution is 6.34. The number of aliphatic hydroxyl groups is 1. The van der Waals surface area contributed by atoms with Gasteiger partial charge in [0.25, 0.3) is 5.91 Å². The van der Waals surface area contributed by atoms with Crippen molar-refractivity contribution in [3.05, 3.63) is 106 Å². The number of nitrogens with zero attached hydrogens (tertiary/aromatic N) is 2. The number of ether oxygens (including phenoxy) is 2. The highest BCUT2D eigenvalue weighted by atomic mass is 35.5. The zero-order chi connectivity index (χ0) is 32.8. The van der Waals surface area contributed by atoms with E-state index in [2.05, 4.69) is 20.9 Å². The van der Waals surface area contributed by atoms with Gasteiger partial charge in [0.15, 0.2) is 0 Å². The average molecular weight is 671 g/mol. The van der Waals surface area contributed by atoms with Crippen LogP contribution < -0.4 is 20.7 Å². The molecule has 5 atom stereocenters. The van der Waals surface area contributed by atoms with Crippen LogP contribution in [0.1, 0.15) is 51.8 Å². The van der Waals surface area contributed by atoms with Crippen molar-refractivity contribution in [2.45, 2.75) is 62.3 Å². The molecule has 9 nitrogen and oxygen atoms in total. The van der Waals surface area contributed by atoms with E-state index in [4.69, 9.17) is 37.7 Å². The molecule has 1 saturated carbocycles. The van der Waals surface area contributed by atoms with Gasteiger partial charge in [-0.2, -0.15) is 0 Å². The Morgan fingerprint density at radius 1 is 1.17 bits per heavy atom. The lowest BCUT2D eigenvalue weighted by Gasteiger charge is -2.39. The highest BCUT2D eigenvalue weighted by Gasteiger charge is 2.45. The summed E-state index contributed by atoms with van der Waals surface area (Å²) in [6, 6.07) is 12.5. The van der Waals surface area contributed by atoms with E-state index in [1.807, 2.05) is 36.4 Å². The lowest BCUT2D eigenvalue weighted by Crippen LogP contribution is -2.52. The maximum atomic E-state index is 14.1. The molecule has 1 aromatic carbocycles. The van der Waals surface area contributed by atoms with E-state index in [0.29, 0.717) is 48.2 Å². The number of methoxy groups -OCH3 is 2. The van der Waals surface area contributed by atoms with Crippen LogP contribution in [0, 0.1) is 0 Å². The molecule has 0 bridgehead atoms. The molecule has 5 rings (SSSR count). The minimum absolute atomic E-state index is 0.155. The van der Waals surface area contributed by atoms with Crippen LogP contribution in [-0.2, 0) is 30.0 Å². The lowest BCUT2D eigenvalue weighted by molar-refractivity contribution is 0.0910. The number of allylic oxidation sites excluding steroid dienone is 2. The zero-order valence-electron chi connectivity index (χ0n) is 25.9. The Balaban J connectivity index is 1.51. The van der Waals surface area contributed by atoms with Gasteiger partial charge < -0.3 is 30.5 Å². The van der Waals surface area contributed by atoms with Crippen LogP contribution >= 0.6 is 23.2 Å². The van der Waals surface area contributed by atoms with Crippen molar-refractivity contribution in [2.75, 3.05) is 20.8 Å². The molecular weight excluding hydrogens is 632 g/mol. The van der Waals surface area contributed by atoms with Gasteiger partial charge >= 0.3 is 0 Å². The van der Waals surface area contributed by atoms with Crippen molar-refractivity contribution in [3.8, 4) is 5.88 Å². The number of benzene rings is 1. The van der Waals surface area contributed by atoms with Gasteiger partial charge in [-0.25, -0.2) is 9.37 Å². The van der Waals surface area contributed by atoms with Crippen LogP contribution in [0.15, 0.2) is 66.9 Å². The number of hydrogen-bond donors (Lipinski definition) is 4. The second kappa shape index (κ2) is 15.0. The van der Waals surface area contributed by atoms with E-state index in [1.165, 1.54) is 7.11 Å². The number of pyridine rings is 2. The van der Waals surface area contributed by atoms with Crippen molar-refractivity contribution in [1.29, 1.82) is 0 Å². The maximum Gasteiger partial charge on any atom is 0.270 e. The van der Waals surface area contributed by atoms with Gasteiger partial charge in [0.2, 0.25) is 5.88 Å². The third-order valence-electron chi connectivity index (χ3n) is 8.01. The number of rotatable bonds is 14. The molecule has 0 spiro atoms. The summed E-state index contributed by atoms with van der Waals surface area (Å²) in [6.07, 6.45) is 6.24. The van der Waals surface area contributed by atoms with Gasteiger partial charge in [0, 0.05) is 49.6 Å². The molecule has 4 N–H and O–H groups in total. The largest absolute Gasteiger partial charge is 0.481 e. The van der Waals surface area contributed by atoms with E-state index in [0.717, 1.165) is 22.3 Å². The molecule has 2 aromatic heterocycles. The normalized spacial score (nSPS) is 22.7. The monoisotopic (exact) mass is 669 g/mol. The van der Waals surface area contributed by atoms with Crippen LogP contribution in [0.5, 0.6) is 5.88 Å². The Kier molecular flexibility index (Phi) is 11.1. The Bertz CT molecular complexity index is 1620. The number of carbonyl (C=O) groups excluding carboxylic acids is 1. The second-order valence-corrected chi connectivity index (χ2v) is 12.3. The Labute approximate surface area is 278 Å². The van der Waals surface area contributed by atoms with Crippen molar-refractivity contribution in [2.24, 2.45) is 0 Å². The summed E-state index contributed by atoms with van der Waals surface area (Å²) in [6.45, 7) is 3.15. The molecule has 3 unspecified atom stereocenters. The molecule has 46 heavy (non-hydrogen) atoms. The molecule has 3 aromatic rings. The van der Waals surface area contributed by atoms with Crippen molar-refractivity contribution in [3.63, 3.8) is 0 Å². The van der Waals surface area contributed by atoms with Gasteiger partial charge in [-0.1, -0.05) is 54.1 Å². The Morgan fingerprint density at radius 2 is 1.96 bits per heavy atom. The van der Waals surface area contributed by atoms with E-state index in [9.17, 15) is 14.3 Å². The smallest absolute Gasteiger partial charge is 0.270 e. The van der Waals surface area contributed by atoms with Crippen LogP contribution in [0.4, 0.5) is 4.39 Å². The zero-order valence-corrected chi connectivity index (χ0v) is 27.4. The van der Waals surface area contributed by atoms with Crippen molar-refractivity contribution >= 4 is 34.7 Å². The first-order valence-electron chi connectivity index (χ1n) is 15.0. The van der Waals surface area contributed by atoms with Crippen LogP contribution in [0.2, 0.25) is 5.02 Å². The predicted octanol–water partition coefficient (Wildman–Crippen LogP) is 4.84. The molecule has 2 aliphatic carbocycles. The van der Waals surface area contributed by atoms with E-state index >= 15 is 0 Å². The van der Waals surface area contributed by atoms with Gasteiger partial charge in [-0.3, -0.25) is 9.78 Å². The first-order chi connectivity index (χ1) is 22.2. The minimum atomic E-state index is -1.34. The maximum absolute atomic E-state index is 14.1. The summed E-state index contributed by atoms with van der Waals surface area (Å²) in [5.41, 5.74) is 3.01. The fourth-order valence-corrected chi connectivity index (χ4v) is 6.09. The van der Waals surface area contributed by atoms with Crippen LogP contribution in [-0.4, -0.2) is 65.4 Å². The predicted molar refractivity (Wildman–Crippen MR) is 177 cm³/mol. The third kappa shape index (κ3) is 7.60. The molecule has 1 amide bonds. The van der Waals surface area contributed by atoms with Gasteiger partial charge in [0.05, 0.1) is 30.9 Å². The Morgan fingerprint density at radius 3 is 2.65 bits per heavy atom. The molecule has 2 heterocycles. The van der Waals surface area contributed by atoms with Crippen LogP contribution in [0.3, 0.4) is 0 Å². The number of hydrogen-bond acceptors (Lipinski definition) is 8. The van der Waals surface area contributed by atoms with E-state index < -0.39 is 29.1 Å². The van der Waals surface area contributed by atoms with E-state index in [-0.39, 0.29) is 18.3 Å². The number of aliphatic hydroxyl groups excluding tert-OH is 1. The van der Waals surface area contributed by atoms with Crippen molar-refractivity contribution < 1.29 is 23.8 Å². The summed E-state index contributed by atoms with van der Waals surface area (Å²) in [7, 11) is 3.09. The van der Waals surface area contributed by atoms with Crippen LogP contribution in [0.25, 0.3) is 5.57 Å². The molecule has 12 heteroatoms. The van der Waals surface area contributed by atoms with Gasteiger partial charge in [0.1, 0.15) is 17.4 Å². The highest BCUT2D eigenvalue weighted by Crippen LogP contribution is 2.43. The topological polar surface area (TPSA) is 118 Å². The first-order valence-corrected chi connectivity index (χ1v) is 15.9. The quantitative estimate of drug-likeness (QED) is 0.180. The molecule has 244 valence electrons. The van der Waals surface area contributed by atoms with Crippen molar-refractivity contribution in [1.82, 2.24) is 25.9 Å². The number of alkyl halides is 2. The summed E-state index contributed by atoms with van der Waals surface area (Å²) in [5.74, 6) is -0.138. The van der Waals surface area contributed by atoms with E-state index in [1.54, 1.807) is 44.5 Å². The Hall–Kier alpha value is -3.38. The molecular formula is C34H38Cl2FN5O4. The summed E-state index contributed by atoms with van der Waals surface area (Å²) in [4.78, 5) is 23.3. The SMILES string of the molecule is COCc1cc(C(=O)NC2(c3ccc(CNCC(C)O)c(OC)n3)C=CC=C(c3ccccc3Cl)C2Cl)ncc1CN[C@@H]1C[C@@H]1F. The number of halogens is 3. The molecule has 2 aliphatic rings. The summed E-state index contributed by atoms with van der Waals surface area (Å²) in [5, 5.41) is 18.8. The molecule has 0 saturated heterocycles. The first kappa shape index (κ1) is 34.0. The molecule has 0 radical (unpaired) electrons.